The average molecular weight is 400 g/mol. The quantitative estimate of drug-likeness (QED) is 0.543. The normalized spacial score (nSPS) is 15.7. The molecule has 1 unspecified atom stereocenters. The Balaban J connectivity index is 1.51. The topological polar surface area (TPSA) is 58.9 Å². The molecule has 2 aromatic heterocycles. The lowest BCUT2D eigenvalue weighted by molar-refractivity contribution is 0.256. The second-order valence-electron chi connectivity index (χ2n) is 7.12. The summed E-state index contributed by atoms with van der Waals surface area (Å²) in [5, 5.41) is 3.29. The van der Waals surface area contributed by atoms with Crippen molar-refractivity contribution in [3.8, 4) is 11.1 Å². The highest BCUT2D eigenvalue weighted by atomic mass is 19.1. The summed E-state index contributed by atoms with van der Waals surface area (Å²) in [6.45, 7) is 3.46. The number of aryl methyl sites for hydroxylation is 1. The number of hydrogen-bond donors (Lipinski definition) is 1. The van der Waals surface area contributed by atoms with Crippen LogP contribution in [0.3, 0.4) is 0 Å². The van der Waals surface area contributed by atoms with Crippen LogP contribution >= 0.6 is 0 Å². The third-order valence-corrected chi connectivity index (χ3v) is 5.33. The highest BCUT2D eigenvalue weighted by molar-refractivity contribution is 5.82. The van der Waals surface area contributed by atoms with Crippen LogP contribution in [0.1, 0.15) is 24.7 Å². The van der Waals surface area contributed by atoms with Gasteiger partial charge in [-0.05, 0) is 36.8 Å². The maximum atomic E-state index is 14.3. The maximum Gasteiger partial charge on any atom is 0.171 e. The molecule has 0 fully saturated rings. The molecule has 7 heteroatoms. The zero-order valence-electron chi connectivity index (χ0n) is 16.5. The largest absolute Gasteiger partial charge is 0.364 e. The zero-order valence-corrected chi connectivity index (χ0v) is 16.5. The molecule has 2 aromatic carbocycles. The third kappa shape index (κ3) is 3.18. The van der Waals surface area contributed by atoms with Gasteiger partial charge in [-0.25, -0.2) is 19.3 Å². The van der Waals surface area contributed by atoms with E-state index >= 15 is 0 Å². The summed E-state index contributed by atoms with van der Waals surface area (Å²) in [5.74, 6) is 1.43. The molecule has 0 radical (unpaired) electrons. The van der Waals surface area contributed by atoms with Gasteiger partial charge in [-0.1, -0.05) is 24.3 Å². The van der Waals surface area contributed by atoms with Crippen LogP contribution in [-0.2, 0) is 13.1 Å². The first-order valence-electron chi connectivity index (χ1n) is 9.94. The molecule has 5 rings (SSSR count). The van der Waals surface area contributed by atoms with Crippen LogP contribution in [0, 0.1) is 5.82 Å². The minimum absolute atomic E-state index is 0.134. The van der Waals surface area contributed by atoms with Gasteiger partial charge in [-0.3, -0.25) is 0 Å². The molecular formula is C23H21FN6. The molecule has 0 amide bonds. The maximum absolute atomic E-state index is 14.3. The van der Waals surface area contributed by atoms with Gasteiger partial charge >= 0.3 is 0 Å². The Morgan fingerprint density at radius 2 is 1.90 bits per heavy atom. The molecule has 30 heavy (non-hydrogen) atoms. The van der Waals surface area contributed by atoms with Crippen molar-refractivity contribution in [2.75, 3.05) is 0 Å². The summed E-state index contributed by atoms with van der Waals surface area (Å²) in [6.07, 6.45) is 7.24. The fraction of sp³-hybridized carbons (Fsp3) is 0.174. The van der Waals surface area contributed by atoms with Crippen LogP contribution in [0.5, 0.6) is 0 Å². The number of rotatable bonds is 5. The molecule has 0 saturated carbocycles. The van der Waals surface area contributed by atoms with E-state index in [0.29, 0.717) is 17.9 Å². The summed E-state index contributed by atoms with van der Waals surface area (Å²) in [5.41, 5.74) is 3.34. The first-order valence-corrected chi connectivity index (χ1v) is 9.94. The van der Waals surface area contributed by atoms with Crippen LogP contribution in [-0.4, -0.2) is 24.4 Å². The van der Waals surface area contributed by atoms with Gasteiger partial charge in [0.25, 0.3) is 0 Å². The monoisotopic (exact) mass is 400 g/mol. The van der Waals surface area contributed by atoms with Crippen molar-refractivity contribution in [2.24, 2.45) is 0 Å². The molecule has 4 aromatic rings. The second kappa shape index (κ2) is 7.59. The number of benzene rings is 2. The number of nitrogens with zero attached hydrogens (tertiary/aromatic N) is 5. The van der Waals surface area contributed by atoms with Gasteiger partial charge in [-0.15, -0.1) is 0 Å². The molecule has 3 heterocycles. The van der Waals surface area contributed by atoms with Crippen LogP contribution < -0.4 is 5.32 Å². The molecule has 0 saturated heterocycles. The van der Waals surface area contributed by atoms with Gasteiger partial charge in [0, 0.05) is 36.9 Å². The number of halogens is 1. The van der Waals surface area contributed by atoms with E-state index in [-0.39, 0.29) is 12.0 Å². The highest BCUT2D eigenvalue weighted by Crippen LogP contribution is 2.28. The Hall–Kier alpha value is -3.74. The number of nitrogens with one attached hydrogen (secondary N) is 1. The van der Waals surface area contributed by atoms with E-state index in [1.54, 1.807) is 30.6 Å². The van der Waals surface area contributed by atoms with Crippen molar-refractivity contribution in [2.45, 2.75) is 26.2 Å². The minimum Gasteiger partial charge on any atom is -0.364 e. The van der Waals surface area contributed by atoms with Crippen molar-refractivity contribution >= 4 is 11.0 Å². The molecule has 0 bridgehead atoms. The van der Waals surface area contributed by atoms with Gasteiger partial charge < -0.3 is 14.8 Å². The lowest BCUT2D eigenvalue weighted by Crippen LogP contribution is -2.29. The van der Waals surface area contributed by atoms with Crippen molar-refractivity contribution < 1.29 is 4.39 Å². The Labute approximate surface area is 173 Å². The SMILES string of the molecule is CCn1c(CN2C=CNC2c2ncccn2)nc2ccc(-c3ccccc3F)cc21. The summed E-state index contributed by atoms with van der Waals surface area (Å²) in [4.78, 5) is 15.7. The van der Waals surface area contributed by atoms with Gasteiger partial charge in [-0.2, -0.15) is 0 Å². The Bertz CT molecular complexity index is 1220. The standard InChI is InChI=1S/C23H21FN6/c1-2-30-20-14-16(17-6-3-4-7-18(17)24)8-9-19(20)28-21(30)15-29-13-12-27-23(29)22-25-10-5-11-26-22/h3-14,23,27H,2,15H2,1H3. The lowest BCUT2D eigenvalue weighted by Gasteiger charge is -2.24. The van der Waals surface area contributed by atoms with E-state index in [1.165, 1.54) is 6.07 Å². The van der Waals surface area contributed by atoms with Gasteiger partial charge in [0.15, 0.2) is 12.0 Å². The predicted octanol–water partition coefficient (Wildman–Crippen LogP) is 4.23. The fourth-order valence-corrected chi connectivity index (χ4v) is 3.90. The molecule has 150 valence electrons. The molecule has 1 aliphatic rings. The summed E-state index contributed by atoms with van der Waals surface area (Å²) in [7, 11) is 0. The van der Waals surface area contributed by atoms with Gasteiger partial charge in [0.05, 0.1) is 17.6 Å². The first kappa shape index (κ1) is 18.3. The van der Waals surface area contributed by atoms with E-state index in [0.717, 1.165) is 29.0 Å². The smallest absolute Gasteiger partial charge is 0.171 e. The van der Waals surface area contributed by atoms with Gasteiger partial charge in [0.2, 0.25) is 0 Å². The van der Waals surface area contributed by atoms with E-state index < -0.39 is 0 Å². The van der Waals surface area contributed by atoms with Crippen molar-refractivity contribution in [1.82, 2.24) is 29.7 Å². The molecule has 6 nitrogen and oxygen atoms in total. The van der Waals surface area contributed by atoms with Crippen molar-refractivity contribution in [3.63, 3.8) is 0 Å². The first-order chi connectivity index (χ1) is 14.7. The summed E-state index contributed by atoms with van der Waals surface area (Å²) < 4.78 is 16.5. The van der Waals surface area contributed by atoms with Gasteiger partial charge in [0.1, 0.15) is 11.6 Å². The van der Waals surface area contributed by atoms with E-state index in [4.69, 9.17) is 4.98 Å². The summed E-state index contributed by atoms with van der Waals surface area (Å²) >= 11 is 0. The molecule has 1 N–H and O–H groups in total. The average Bonchev–Trinajstić information content (AvgIpc) is 3.38. The van der Waals surface area contributed by atoms with E-state index in [1.807, 2.05) is 36.7 Å². The van der Waals surface area contributed by atoms with Crippen LogP contribution in [0.2, 0.25) is 0 Å². The van der Waals surface area contributed by atoms with Crippen LogP contribution in [0.25, 0.3) is 22.2 Å². The molecular weight excluding hydrogens is 379 g/mol. The Kier molecular flexibility index (Phi) is 4.63. The molecule has 1 aliphatic heterocycles. The Morgan fingerprint density at radius 1 is 1.07 bits per heavy atom. The number of aromatic nitrogens is 4. The van der Waals surface area contributed by atoms with Crippen LogP contribution in [0.15, 0.2) is 73.3 Å². The molecule has 0 aliphatic carbocycles. The Morgan fingerprint density at radius 3 is 2.70 bits per heavy atom. The zero-order chi connectivity index (χ0) is 20.5. The van der Waals surface area contributed by atoms with Crippen LogP contribution in [0.4, 0.5) is 4.39 Å². The fourth-order valence-electron chi connectivity index (χ4n) is 3.90. The number of hydrogen-bond acceptors (Lipinski definition) is 5. The highest BCUT2D eigenvalue weighted by Gasteiger charge is 2.25. The van der Waals surface area contributed by atoms with Crippen molar-refractivity contribution in [1.29, 1.82) is 0 Å². The minimum atomic E-state index is -0.224. The molecule has 1 atom stereocenters. The van der Waals surface area contributed by atoms with E-state index in [9.17, 15) is 4.39 Å². The number of fused-ring (bicyclic) bond motifs is 1. The number of imidazole rings is 1. The summed E-state index contributed by atoms with van der Waals surface area (Å²) in [6, 6.07) is 14.6. The van der Waals surface area contributed by atoms with Crippen molar-refractivity contribution in [3.05, 3.63) is 90.8 Å². The molecule has 0 spiro atoms. The second-order valence-corrected chi connectivity index (χ2v) is 7.12. The lowest BCUT2D eigenvalue weighted by atomic mass is 10.0. The van der Waals surface area contributed by atoms with E-state index in [2.05, 4.69) is 31.7 Å². The third-order valence-electron chi connectivity index (χ3n) is 5.33. The predicted molar refractivity (Wildman–Crippen MR) is 113 cm³/mol.